The second-order valence-electron chi connectivity index (χ2n) is 6.48. The number of nitrogens with zero attached hydrogens (tertiary/aromatic N) is 2. The van der Waals surface area contributed by atoms with E-state index in [-0.39, 0.29) is 12.5 Å². The van der Waals surface area contributed by atoms with Crippen LogP contribution in [0.3, 0.4) is 0 Å². The quantitative estimate of drug-likeness (QED) is 0.482. The van der Waals surface area contributed by atoms with Crippen LogP contribution in [0.2, 0.25) is 0 Å². The van der Waals surface area contributed by atoms with E-state index in [9.17, 15) is 4.79 Å². The minimum absolute atomic E-state index is 0.0478. The lowest BCUT2D eigenvalue weighted by atomic mass is 10.1. The SMILES string of the molecule is Cc1ccc(OCC(=O)Nc2cccc(-c3csc(-c4ccccn4)n3)c2)cc1. The van der Waals surface area contributed by atoms with E-state index in [4.69, 9.17) is 4.74 Å². The molecule has 0 saturated carbocycles. The van der Waals surface area contributed by atoms with E-state index >= 15 is 0 Å². The van der Waals surface area contributed by atoms with Crippen LogP contribution in [0.5, 0.6) is 5.75 Å². The normalized spacial score (nSPS) is 10.5. The lowest BCUT2D eigenvalue weighted by molar-refractivity contribution is -0.118. The van der Waals surface area contributed by atoms with Gasteiger partial charge in [-0.1, -0.05) is 35.9 Å². The molecule has 0 bridgehead atoms. The Balaban J connectivity index is 1.41. The molecule has 2 aromatic heterocycles. The van der Waals surface area contributed by atoms with Crippen LogP contribution in [-0.4, -0.2) is 22.5 Å². The molecule has 0 saturated heterocycles. The number of hydrogen-bond acceptors (Lipinski definition) is 5. The number of amides is 1. The number of thiazole rings is 1. The van der Waals surface area contributed by atoms with Crippen LogP contribution < -0.4 is 10.1 Å². The second kappa shape index (κ2) is 8.67. The first-order valence-corrected chi connectivity index (χ1v) is 10.0. The summed E-state index contributed by atoms with van der Waals surface area (Å²) in [6, 6.07) is 21.0. The van der Waals surface area contributed by atoms with Crippen LogP contribution in [0.4, 0.5) is 5.69 Å². The smallest absolute Gasteiger partial charge is 0.262 e. The second-order valence-corrected chi connectivity index (χ2v) is 7.34. The number of nitrogens with one attached hydrogen (secondary N) is 1. The van der Waals surface area contributed by atoms with E-state index in [0.717, 1.165) is 27.5 Å². The van der Waals surface area contributed by atoms with Gasteiger partial charge >= 0.3 is 0 Å². The van der Waals surface area contributed by atoms with Crippen molar-refractivity contribution in [3.63, 3.8) is 0 Å². The molecule has 2 aromatic carbocycles. The average Bonchev–Trinajstić information content (AvgIpc) is 3.25. The molecule has 144 valence electrons. The number of anilines is 1. The Hall–Kier alpha value is -3.51. The number of carbonyl (C=O) groups excluding carboxylic acids is 1. The first kappa shape index (κ1) is 18.8. The Labute approximate surface area is 173 Å². The van der Waals surface area contributed by atoms with Gasteiger partial charge in [-0.3, -0.25) is 9.78 Å². The van der Waals surface area contributed by atoms with E-state index in [0.29, 0.717) is 11.4 Å². The molecule has 0 atom stereocenters. The van der Waals surface area contributed by atoms with E-state index in [1.54, 1.807) is 17.5 Å². The topological polar surface area (TPSA) is 64.1 Å². The number of aromatic nitrogens is 2. The maximum atomic E-state index is 12.2. The van der Waals surface area contributed by atoms with Crippen molar-refractivity contribution in [2.45, 2.75) is 6.92 Å². The van der Waals surface area contributed by atoms with Gasteiger partial charge in [0, 0.05) is 22.8 Å². The molecule has 6 heteroatoms. The molecule has 4 rings (SSSR count). The molecular formula is C23H19N3O2S. The van der Waals surface area contributed by atoms with Crippen molar-refractivity contribution in [2.75, 3.05) is 11.9 Å². The summed E-state index contributed by atoms with van der Waals surface area (Å²) in [7, 11) is 0. The van der Waals surface area contributed by atoms with Gasteiger partial charge in [0.15, 0.2) is 6.61 Å². The van der Waals surface area contributed by atoms with Gasteiger partial charge in [-0.25, -0.2) is 4.98 Å². The van der Waals surface area contributed by atoms with Crippen molar-refractivity contribution in [1.29, 1.82) is 0 Å². The largest absolute Gasteiger partial charge is 0.484 e. The number of carbonyl (C=O) groups is 1. The molecule has 0 radical (unpaired) electrons. The highest BCUT2D eigenvalue weighted by Gasteiger charge is 2.09. The van der Waals surface area contributed by atoms with Crippen LogP contribution in [0.15, 0.2) is 78.3 Å². The van der Waals surface area contributed by atoms with Gasteiger partial charge in [0.05, 0.1) is 11.4 Å². The van der Waals surface area contributed by atoms with Crippen molar-refractivity contribution < 1.29 is 9.53 Å². The van der Waals surface area contributed by atoms with Gasteiger partial charge < -0.3 is 10.1 Å². The number of aryl methyl sites for hydroxylation is 1. The van der Waals surface area contributed by atoms with E-state index in [1.165, 1.54) is 0 Å². The Bertz CT molecular complexity index is 1110. The molecule has 0 unspecified atom stereocenters. The highest BCUT2D eigenvalue weighted by molar-refractivity contribution is 7.13. The molecule has 0 spiro atoms. The highest BCUT2D eigenvalue weighted by Crippen LogP contribution is 2.28. The third-order valence-electron chi connectivity index (χ3n) is 4.22. The Morgan fingerprint density at radius 3 is 2.69 bits per heavy atom. The zero-order valence-corrected chi connectivity index (χ0v) is 16.6. The van der Waals surface area contributed by atoms with Gasteiger partial charge in [-0.2, -0.15) is 0 Å². The summed E-state index contributed by atoms with van der Waals surface area (Å²) in [5.41, 5.74) is 4.48. The Morgan fingerprint density at radius 2 is 1.90 bits per heavy atom. The number of rotatable bonds is 6. The first-order chi connectivity index (χ1) is 14.2. The summed E-state index contributed by atoms with van der Waals surface area (Å²) in [5, 5.41) is 5.73. The predicted molar refractivity (Wildman–Crippen MR) is 116 cm³/mol. The minimum atomic E-state index is -0.213. The van der Waals surface area contributed by atoms with Gasteiger partial charge in [0.1, 0.15) is 10.8 Å². The number of pyridine rings is 1. The molecule has 0 aliphatic carbocycles. The third kappa shape index (κ3) is 4.86. The molecule has 4 aromatic rings. The van der Waals surface area contributed by atoms with Crippen molar-refractivity contribution in [1.82, 2.24) is 9.97 Å². The van der Waals surface area contributed by atoms with Crippen LogP contribution in [-0.2, 0) is 4.79 Å². The summed E-state index contributed by atoms with van der Waals surface area (Å²) < 4.78 is 5.53. The molecule has 1 N–H and O–H groups in total. The lowest BCUT2D eigenvalue weighted by Crippen LogP contribution is -2.20. The fourth-order valence-corrected chi connectivity index (χ4v) is 3.55. The average molecular weight is 401 g/mol. The van der Waals surface area contributed by atoms with Crippen LogP contribution >= 0.6 is 11.3 Å². The molecule has 0 aliphatic heterocycles. The highest BCUT2D eigenvalue weighted by atomic mass is 32.1. The van der Waals surface area contributed by atoms with E-state index in [2.05, 4.69) is 15.3 Å². The number of ether oxygens (including phenoxy) is 1. The fraction of sp³-hybridized carbons (Fsp3) is 0.0870. The Morgan fingerprint density at radius 1 is 1.03 bits per heavy atom. The van der Waals surface area contributed by atoms with E-state index in [1.807, 2.05) is 79.0 Å². The van der Waals surface area contributed by atoms with Crippen LogP contribution in [0, 0.1) is 6.92 Å². The molecule has 29 heavy (non-hydrogen) atoms. The molecule has 5 nitrogen and oxygen atoms in total. The lowest BCUT2D eigenvalue weighted by Gasteiger charge is -2.08. The molecule has 0 aliphatic rings. The predicted octanol–water partition coefficient (Wildman–Crippen LogP) is 5.20. The van der Waals surface area contributed by atoms with Crippen LogP contribution in [0.1, 0.15) is 5.56 Å². The van der Waals surface area contributed by atoms with Crippen molar-refractivity contribution in [2.24, 2.45) is 0 Å². The minimum Gasteiger partial charge on any atom is -0.484 e. The standard InChI is InChI=1S/C23H19N3O2S/c1-16-8-10-19(11-9-16)28-14-22(27)25-18-6-4-5-17(13-18)21-15-29-23(26-21)20-7-2-3-12-24-20/h2-13,15H,14H2,1H3,(H,25,27). The molecular weight excluding hydrogens is 382 g/mol. The van der Waals surface area contributed by atoms with Gasteiger partial charge in [0.25, 0.3) is 5.91 Å². The third-order valence-corrected chi connectivity index (χ3v) is 5.09. The monoisotopic (exact) mass is 401 g/mol. The van der Waals surface area contributed by atoms with E-state index < -0.39 is 0 Å². The summed E-state index contributed by atoms with van der Waals surface area (Å²) in [6.07, 6.45) is 1.76. The maximum absolute atomic E-state index is 12.2. The number of hydrogen-bond donors (Lipinski definition) is 1. The van der Waals surface area contributed by atoms with Gasteiger partial charge in [-0.05, 0) is 43.3 Å². The van der Waals surface area contributed by atoms with Gasteiger partial charge in [0.2, 0.25) is 0 Å². The first-order valence-electron chi connectivity index (χ1n) is 9.14. The molecule has 2 heterocycles. The zero-order chi connectivity index (χ0) is 20.1. The van der Waals surface area contributed by atoms with Crippen LogP contribution in [0.25, 0.3) is 22.0 Å². The fourth-order valence-electron chi connectivity index (χ4n) is 2.75. The molecule has 1 amide bonds. The zero-order valence-electron chi connectivity index (χ0n) is 15.8. The summed E-state index contributed by atoms with van der Waals surface area (Å²) in [4.78, 5) is 21.2. The molecule has 0 fully saturated rings. The summed E-state index contributed by atoms with van der Waals surface area (Å²) in [5.74, 6) is 0.458. The number of benzene rings is 2. The van der Waals surface area contributed by atoms with Crippen molar-refractivity contribution in [3.05, 3.63) is 83.9 Å². The van der Waals surface area contributed by atoms with Crippen molar-refractivity contribution >= 4 is 22.9 Å². The van der Waals surface area contributed by atoms with Gasteiger partial charge in [-0.15, -0.1) is 11.3 Å². The van der Waals surface area contributed by atoms with Crippen molar-refractivity contribution in [3.8, 4) is 27.7 Å². The Kier molecular flexibility index (Phi) is 5.63. The summed E-state index contributed by atoms with van der Waals surface area (Å²) in [6.45, 7) is 1.96. The summed E-state index contributed by atoms with van der Waals surface area (Å²) >= 11 is 1.54. The maximum Gasteiger partial charge on any atom is 0.262 e.